The highest BCUT2D eigenvalue weighted by Crippen LogP contribution is 2.26. The molecule has 1 amide bonds. The van der Waals surface area contributed by atoms with Crippen molar-refractivity contribution in [2.24, 2.45) is 0 Å². The molecule has 0 unspecified atom stereocenters. The summed E-state index contributed by atoms with van der Waals surface area (Å²) in [6.45, 7) is 1.68. The van der Waals surface area contributed by atoms with Crippen molar-refractivity contribution in [2.75, 3.05) is 5.32 Å². The minimum Gasteiger partial charge on any atom is -0.481 e. The number of aromatic nitrogens is 2. The van der Waals surface area contributed by atoms with E-state index in [9.17, 15) is 9.59 Å². The number of rotatable bonds is 5. The number of carbonyl (C=O) groups is 2. The Morgan fingerprint density at radius 1 is 1.14 bits per heavy atom. The van der Waals surface area contributed by atoms with E-state index in [1.54, 1.807) is 19.1 Å². The molecule has 28 heavy (non-hydrogen) atoms. The third kappa shape index (κ3) is 3.25. The molecule has 0 aliphatic heterocycles. The quantitative estimate of drug-likeness (QED) is 0.553. The maximum atomic E-state index is 12.3. The van der Waals surface area contributed by atoms with Gasteiger partial charge in [0.05, 0.1) is 18.1 Å². The third-order valence-corrected chi connectivity index (χ3v) is 4.53. The summed E-state index contributed by atoms with van der Waals surface area (Å²) in [5.41, 5.74) is 3.57. The van der Waals surface area contributed by atoms with Gasteiger partial charge >= 0.3 is 5.97 Å². The average molecular weight is 375 g/mol. The highest BCUT2D eigenvalue weighted by molar-refractivity contribution is 6.04. The van der Waals surface area contributed by atoms with E-state index in [1.165, 1.54) is 6.20 Å². The van der Waals surface area contributed by atoms with E-state index in [4.69, 9.17) is 9.63 Å². The maximum absolute atomic E-state index is 12.3. The first-order chi connectivity index (χ1) is 13.5. The fourth-order valence-corrected chi connectivity index (χ4v) is 3.19. The Morgan fingerprint density at radius 3 is 2.57 bits per heavy atom. The van der Waals surface area contributed by atoms with Crippen LogP contribution in [-0.4, -0.2) is 26.7 Å². The van der Waals surface area contributed by atoms with E-state index in [0.29, 0.717) is 17.0 Å². The summed E-state index contributed by atoms with van der Waals surface area (Å²) < 4.78 is 6.86. The standard InChI is InChI=1S/C21H17N3O4/c1-13-18(11-22-28-13)21(27)23-15-6-8-16(9-7-15)24-12-14(10-20(25)26)17-4-2-3-5-19(17)24/h2-9,11-12H,10H2,1H3,(H,23,27)(H,25,26). The number of nitrogens with one attached hydrogen (secondary N) is 1. The number of nitrogens with zero attached hydrogens (tertiary/aromatic N) is 2. The molecule has 0 aliphatic carbocycles. The van der Waals surface area contributed by atoms with Gasteiger partial charge in [0.15, 0.2) is 0 Å². The van der Waals surface area contributed by atoms with Crippen molar-refractivity contribution in [3.05, 3.63) is 77.8 Å². The van der Waals surface area contributed by atoms with Gasteiger partial charge < -0.3 is 19.5 Å². The minimum absolute atomic E-state index is 0.0419. The first kappa shape index (κ1) is 17.5. The van der Waals surface area contributed by atoms with E-state index in [2.05, 4.69) is 10.5 Å². The number of anilines is 1. The van der Waals surface area contributed by atoms with Gasteiger partial charge in [-0.15, -0.1) is 0 Å². The highest BCUT2D eigenvalue weighted by atomic mass is 16.5. The van der Waals surface area contributed by atoms with Crippen molar-refractivity contribution in [1.29, 1.82) is 0 Å². The third-order valence-electron chi connectivity index (χ3n) is 4.53. The molecule has 4 rings (SSSR count). The normalized spacial score (nSPS) is 10.9. The number of aliphatic carboxylic acids is 1. The van der Waals surface area contributed by atoms with Crippen molar-refractivity contribution in [3.63, 3.8) is 0 Å². The molecule has 0 aliphatic rings. The fraction of sp³-hybridized carbons (Fsp3) is 0.0952. The monoisotopic (exact) mass is 375 g/mol. The van der Waals surface area contributed by atoms with Crippen LogP contribution >= 0.6 is 0 Å². The summed E-state index contributed by atoms with van der Waals surface area (Å²) in [6.07, 6.45) is 3.18. The fourth-order valence-electron chi connectivity index (χ4n) is 3.19. The van der Waals surface area contributed by atoms with Gasteiger partial charge in [-0.3, -0.25) is 9.59 Å². The number of carbonyl (C=O) groups excluding carboxylic acids is 1. The maximum Gasteiger partial charge on any atom is 0.307 e. The number of aryl methyl sites for hydroxylation is 1. The Hall–Kier alpha value is -3.87. The molecule has 0 spiro atoms. The molecule has 2 aromatic carbocycles. The van der Waals surface area contributed by atoms with E-state index < -0.39 is 5.97 Å². The Balaban J connectivity index is 1.63. The van der Waals surface area contributed by atoms with Gasteiger partial charge in [-0.05, 0) is 42.8 Å². The van der Waals surface area contributed by atoms with Crippen molar-refractivity contribution < 1.29 is 19.2 Å². The zero-order valence-electron chi connectivity index (χ0n) is 15.0. The molecular weight excluding hydrogens is 358 g/mol. The van der Waals surface area contributed by atoms with Gasteiger partial charge in [0, 0.05) is 23.0 Å². The zero-order valence-corrected chi connectivity index (χ0v) is 15.0. The van der Waals surface area contributed by atoms with Crippen LogP contribution in [0.2, 0.25) is 0 Å². The molecule has 0 fully saturated rings. The van der Waals surface area contributed by atoms with Crippen molar-refractivity contribution in [2.45, 2.75) is 13.3 Å². The van der Waals surface area contributed by atoms with Crippen LogP contribution in [0.25, 0.3) is 16.6 Å². The van der Waals surface area contributed by atoms with E-state index in [1.807, 2.05) is 47.2 Å². The minimum atomic E-state index is -0.870. The number of hydrogen-bond acceptors (Lipinski definition) is 4. The van der Waals surface area contributed by atoms with Crippen LogP contribution < -0.4 is 5.32 Å². The number of benzene rings is 2. The van der Waals surface area contributed by atoms with E-state index in [-0.39, 0.29) is 12.3 Å². The molecule has 0 bridgehead atoms. The molecule has 0 saturated carbocycles. The number of fused-ring (bicyclic) bond motifs is 1. The van der Waals surface area contributed by atoms with Crippen molar-refractivity contribution >= 4 is 28.5 Å². The topological polar surface area (TPSA) is 97.4 Å². The highest BCUT2D eigenvalue weighted by Gasteiger charge is 2.14. The molecule has 140 valence electrons. The Morgan fingerprint density at radius 2 is 1.89 bits per heavy atom. The lowest BCUT2D eigenvalue weighted by Crippen LogP contribution is -2.12. The predicted molar refractivity (Wildman–Crippen MR) is 104 cm³/mol. The van der Waals surface area contributed by atoms with Gasteiger partial charge in [-0.1, -0.05) is 23.4 Å². The average Bonchev–Trinajstić information content (AvgIpc) is 3.26. The van der Waals surface area contributed by atoms with E-state index in [0.717, 1.165) is 22.2 Å². The van der Waals surface area contributed by atoms with Gasteiger partial charge in [0.25, 0.3) is 5.91 Å². The number of hydrogen-bond donors (Lipinski definition) is 2. The summed E-state index contributed by atoms with van der Waals surface area (Å²) >= 11 is 0. The second-order valence-electron chi connectivity index (χ2n) is 6.41. The second-order valence-corrected chi connectivity index (χ2v) is 6.41. The lowest BCUT2D eigenvalue weighted by atomic mass is 10.1. The zero-order chi connectivity index (χ0) is 19.7. The van der Waals surface area contributed by atoms with Gasteiger partial charge in [-0.25, -0.2) is 0 Å². The number of para-hydroxylation sites is 1. The van der Waals surface area contributed by atoms with Crippen LogP contribution in [0.4, 0.5) is 5.69 Å². The largest absolute Gasteiger partial charge is 0.481 e. The van der Waals surface area contributed by atoms with Crippen LogP contribution in [0.5, 0.6) is 0 Å². The number of carboxylic acid groups (broad SMARTS) is 1. The van der Waals surface area contributed by atoms with Crippen LogP contribution in [0.1, 0.15) is 21.7 Å². The first-order valence-electron chi connectivity index (χ1n) is 8.67. The molecule has 2 heterocycles. The Bertz CT molecular complexity index is 1170. The van der Waals surface area contributed by atoms with Crippen molar-refractivity contribution in [3.8, 4) is 5.69 Å². The van der Waals surface area contributed by atoms with E-state index >= 15 is 0 Å². The summed E-state index contributed by atoms with van der Waals surface area (Å²) in [5.74, 6) is -0.703. The summed E-state index contributed by atoms with van der Waals surface area (Å²) in [7, 11) is 0. The van der Waals surface area contributed by atoms with Crippen LogP contribution in [0.3, 0.4) is 0 Å². The summed E-state index contributed by atoms with van der Waals surface area (Å²) in [4.78, 5) is 23.4. The van der Waals surface area contributed by atoms with Gasteiger partial charge in [0.2, 0.25) is 0 Å². The smallest absolute Gasteiger partial charge is 0.307 e. The Kier molecular flexibility index (Phi) is 4.41. The second kappa shape index (κ2) is 7.03. The number of carboxylic acids is 1. The van der Waals surface area contributed by atoms with Gasteiger partial charge in [-0.2, -0.15) is 0 Å². The summed E-state index contributed by atoms with van der Waals surface area (Å²) in [5, 5.41) is 16.5. The molecule has 0 atom stereocenters. The van der Waals surface area contributed by atoms with Crippen LogP contribution in [0.15, 0.2) is 65.4 Å². The predicted octanol–water partition coefficient (Wildman–Crippen LogP) is 3.81. The van der Waals surface area contributed by atoms with Gasteiger partial charge in [0.1, 0.15) is 11.3 Å². The summed E-state index contributed by atoms with van der Waals surface area (Å²) in [6, 6.07) is 15.0. The SMILES string of the molecule is Cc1oncc1C(=O)Nc1ccc(-n2cc(CC(=O)O)c3ccccc32)cc1. The van der Waals surface area contributed by atoms with Crippen LogP contribution in [0, 0.1) is 6.92 Å². The molecule has 4 aromatic rings. The Labute approximate surface area is 160 Å². The van der Waals surface area contributed by atoms with Crippen molar-refractivity contribution in [1.82, 2.24) is 9.72 Å². The lowest BCUT2D eigenvalue weighted by molar-refractivity contribution is -0.136. The number of amides is 1. The molecule has 0 saturated heterocycles. The molecular formula is C21H17N3O4. The molecule has 0 radical (unpaired) electrons. The molecule has 2 N–H and O–H groups in total. The molecule has 7 nitrogen and oxygen atoms in total. The molecule has 7 heteroatoms. The van der Waals surface area contributed by atoms with Crippen LogP contribution in [-0.2, 0) is 11.2 Å². The molecule has 2 aromatic heterocycles. The lowest BCUT2D eigenvalue weighted by Gasteiger charge is -2.08. The first-order valence-corrected chi connectivity index (χ1v) is 8.67.